The van der Waals surface area contributed by atoms with Crippen molar-refractivity contribution in [2.24, 2.45) is 0 Å². The van der Waals surface area contributed by atoms with Crippen LogP contribution in [0.5, 0.6) is 0 Å². The summed E-state index contributed by atoms with van der Waals surface area (Å²) in [5.41, 5.74) is 1.26. The summed E-state index contributed by atoms with van der Waals surface area (Å²) in [4.78, 5) is 28.2. The van der Waals surface area contributed by atoms with Gasteiger partial charge in [0, 0.05) is 5.56 Å². The molecule has 0 fully saturated rings. The molecule has 0 bridgehead atoms. The molecule has 0 N–H and O–H groups in total. The molecule has 0 saturated carbocycles. The van der Waals surface area contributed by atoms with Gasteiger partial charge in [-0.2, -0.15) is 4.68 Å². The highest BCUT2D eigenvalue weighted by Gasteiger charge is 2.15. The fraction of sp³-hybridized carbons (Fsp3) is 0.111. The summed E-state index contributed by atoms with van der Waals surface area (Å²) in [6, 6.07) is 12.9. The normalized spacial score (nSPS) is 11.0. The predicted molar refractivity (Wildman–Crippen MR) is 95.6 cm³/mol. The minimum Gasteiger partial charge on any atom is -0.457 e. The lowest BCUT2D eigenvalue weighted by molar-refractivity contribution is -0.146. The van der Waals surface area contributed by atoms with E-state index in [1.54, 1.807) is 0 Å². The van der Waals surface area contributed by atoms with Crippen LogP contribution in [0.3, 0.4) is 0 Å². The molecule has 0 saturated heterocycles. The molecule has 27 heavy (non-hydrogen) atoms. The Bertz CT molecular complexity index is 1130. The van der Waals surface area contributed by atoms with Crippen LogP contribution in [0, 0.1) is 5.82 Å². The van der Waals surface area contributed by atoms with Crippen molar-refractivity contribution < 1.29 is 18.3 Å². The number of ether oxygens (including phenoxy) is 1. The molecule has 0 aliphatic carbocycles. The van der Waals surface area contributed by atoms with E-state index in [-0.39, 0.29) is 12.5 Å². The minimum atomic E-state index is -0.800. The van der Waals surface area contributed by atoms with Crippen LogP contribution in [0.25, 0.3) is 21.7 Å². The smallest absolute Gasteiger partial charge is 0.437 e. The first-order chi connectivity index (χ1) is 13.1. The van der Waals surface area contributed by atoms with E-state index >= 15 is 0 Å². The lowest BCUT2D eigenvalue weighted by Crippen LogP contribution is -2.22. The van der Waals surface area contributed by atoms with Crippen molar-refractivity contribution in [2.75, 3.05) is 0 Å². The summed E-state index contributed by atoms with van der Waals surface area (Å²) >= 11 is 1.43. The number of hydrogen-bond acceptors (Lipinski definition) is 7. The first-order valence-corrected chi connectivity index (χ1v) is 8.74. The third kappa shape index (κ3) is 3.77. The number of para-hydroxylation sites is 1. The second-order valence-electron chi connectivity index (χ2n) is 5.57. The van der Waals surface area contributed by atoms with Crippen LogP contribution in [0.1, 0.15) is 5.01 Å². The molecule has 136 valence electrons. The largest absolute Gasteiger partial charge is 0.457 e. The average Bonchev–Trinajstić information content (AvgIpc) is 3.24. The monoisotopic (exact) mass is 385 g/mol. The average molecular weight is 385 g/mol. The molecular formula is C18H12FN3O4S. The van der Waals surface area contributed by atoms with Gasteiger partial charge in [0.1, 0.15) is 24.0 Å². The Morgan fingerprint density at radius 1 is 1.19 bits per heavy atom. The van der Waals surface area contributed by atoms with Crippen molar-refractivity contribution in [3.8, 4) is 11.5 Å². The molecule has 0 amide bonds. The molecule has 2 heterocycles. The van der Waals surface area contributed by atoms with Crippen LogP contribution in [0.15, 0.2) is 57.7 Å². The van der Waals surface area contributed by atoms with Gasteiger partial charge in [-0.3, -0.25) is 4.79 Å². The van der Waals surface area contributed by atoms with E-state index in [1.165, 1.54) is 35.6 Å². The highest BCUT2D eigenvalue weighted by molar-refractivity contribution is 7.18. The van der Waals surface area contributed by atoms with E-state index in [9.17, 15) is 14.0 Å². The summed E-state index contributed by atoms with van der Waals surface area (Å²) in [6.07, 6.45) is 0. The molecule has 9 heteroatoms. The van der Waals surface area contributed by atoms with Crippen molar-refractivity contribution in [3.05, 3.63) is 69.9 Å². The van der Waals surface area contributed by atoms with Gasteiger partial charge in [0.15, 0.2) is 0 Å². The number of nitrogens with zero attached hydrogens (tertiary/aromatic N) is 3. The van der Waals surface area contributed by atoms with Gasteiger partial charge in [-0.1, -0.05) is 12.1 Å². The maximum Gasteiger partial charge on any atom is 0.437 e. The Morgan fingerprint density at radius 2 is 1.96 bits per heavy atom. The SMILES string of the molecule is O=C(Cn1nc(-c2ccc(F)cc2)oc1=O)OCc1nc2ccccc2s1. The van der Waals surface area contributed by atoms with E-state index in [2.05, 4.69) is 10.1 Å². The van der Waals surface area contributed by atoms with Gasteiger partial charge in [0.2, 0.25) is 5.89 Å². The molecule has 0 spiro atoms. The molecule has 4 aromatic rings. The quantitative estimate of drug-likeness (QED) is 0.491. The first-order valence-electron chi connectivity index (χ1n) is 7.92. The number of esters is 1. The van der Waals surface area contributed by atoms with Crippen molar-refractivity contribution in [3.63, 3.8) is 0 Å². The lowest BCUT2D eigenvalue weighted by Gasteiger charge is -2.01. The number of halogens is 1. The van der Waals surface area contributed by atoms with Gasteiger partial charge >= 0.3 is 11.7 Å². The number of hydrogen-bond donors (Lipinski definition) is 0. The minimum absolute atomic E-state index is 0.000951. The van der Waals surface area contributed by atoms with Gasteiger partial charge in [-0.05, 0) is 36.4 Å². The Hall–Kier alpha value is -3.33. The number of fused-ring (bicyclic) bond motifs is 1. The summed E-state index contributed by atoms with van der Waals surface area (Å²) in [7, 11) is 0. The van der Waals surface area contributed by atoms with Crippen LogP contribution in [-0.2, 0) is 22.7 Å². The molecule has 0 unspecified atom stereocenters. The van der Waals surface area contributed by atoms with Gasteiger partial charge in [-0.25, -0.2) is 14.2 Å². The molecule has 2 aromatic heterocycles. The van der Waals surface area contributed by atoms with Crippen LogP contribution in [-0.4, -0.2) is 20.7 Å². The van der Waals surface area contributed by atoms with Crippen LogP contribution in [0.2, 0.25) is 0 Å². The molecule has 0 aliphatic heterocycles. The molecule has 0 aliphatic rings. The van der Waals surface area contributed by atoms with Crippen LogP contribution in [0.4, 0.5) is 4.39 Å². The Balaban J connectivity index is 1.42. The number of carbonyl (C=O) groups excluding carboxylic acids is 1. The van der Waals surface area contributed by atoms with Crippen molar-refractivity contribution >= 4 is 27.5 Å². The van der Waals surface area contributed by atoms with Gasteiger partial charge < -0.3 is 9.15 Å². The number of benzene rings is 2. The maximum absolute atomic E-state index is 13.0. The summed E-state index contributed by atoms with van der Waals surface area (Å²) in [5, 5.41) is 4.60. The second kappa shape index (κ2) is 7.12. The first kappa shape index (κ1) is 17.1. The van der Waals surface area contributed by atoms with Crippen molar-refractivity contribution in [2.45, 2.75) is 13.2 Å². The van der Waals surface area contributed by atoms with Gasteiger partial charge in [0.25, 0.3) is 0 Å². The Morgan fingerprint density at radius 3 is 2.74 bits per heavy atom. The van der Waals surface area contributed by atoms with E-state index in [0.29, 0.717) is 10.6 Å². The third-order valence-corrected chi connectivity index (χ3v) is 4.68. The molecule has 4 rings (SSSR count). The second-order valence-corrected chi connectivity index (χ2v) is 6.69. The topological polar surface area (TPSA) is 87.2 Å². The van der Waals surface area contributed by atoms with Crippen molar-refractivity contribution in [1.82, 2.24) is 14.8 Å². The molecule has 0 radical (unpaired) electrons. The van der Waals surface area contributed by atoms with E-state index in [1.807, 2.05) is 24.3 Å². The molecule has 7 nitrogen and oxygen atoms in total. The highest BCUT2D eigenvalue weighted by atomic mass is 32.1. The van der Waals surface area contributed by atoms with E-state index in [4.69, 9.17) is 9.15 Å². The fourth-order valence-electron chi connectivity index (χ4n) is 2.41. The highest BCUT2D eigenvalue weighted by Crippen LogP contribution is 2.22. The zero-order valence-corrected chi connectivity index (χ0v) is 14.6. The number of rotatable bonds is 5. The standard InChI is InChI=1S/C18H12FN3O4S/c19-12-7-5-11(6-8-12)17-21-22(18(24)26-17)9-16(23)25-10-15-20-13-3-1-2-4-14(13)27-15/h1-8H,9-10H2. The number of aromatic nitrogens is 3. The lowest BCUT2D eigenvalue weighted by atomic mass is 10.2. The Kier molecular flexibility index (Phi) is 4.51. The van der Waals surface area contributed by atoms with Crippen LogP contribution >= 0.6 is 11.3 Å². The predicted octanol–water partition coefficient (Wildman–Crippen LogP) is 3.00. The molecular weight excluding hydrogens is 373 g/mol. The summed E-state index contributed by atoms with van der Waals surface area (Å²) in [5.74, 6) is -1.86. The van der Waals surface area contributed by atoms with E-state index < -0.39 is 24.1 Å². The Labute approximate surface area is 155 Å². The summed E-state index contributed by atoms with van der Waals surface area (Å²) < 4.78 is 25.0. The number of carbonyl (C=O) groups is 1. The molecule has 2 aromatic carbocycles. The van der Waals surface area contributed by atoms with Gasteiger partial charge in [-0.15, -0.1) is 16.4 Å². The van der Waals surface area contributed by atoms with Crippen molar-refractivity contribution in [1.29, 1.82) is 0 Å². The van der Waals surface area contributed by atoms with Gasteiger partial charge in [0.05, 0.1) is 10.2 Å². The van der Waals surface area contributed by atoms with E-state index in [0.717, 1.165) is 14.9 Å². The fourth-order valence-corrected chi connectivity index (χ4v) is 3.29. The number of thiazole rings is 1. The van der Waals surface area contributed by atoms with Crippen LogP contribution < -0.4 is 5.76 Å². The summed E-state index contributed by atoms with van der Waals surface area (Å²) in [6.45, 7) is -0.385. The zero-order chi connectivity index (χ0) is 18.8. The maximum atomic E-state index is 13.0. The molecule has 0 atom stereocenters. The zero-order valence-electron chi connectivity index (χ0n) is 13.8. The third-order valence-electron chi connectivity index (χ3n) is 3.67.